The van der Waals surface area contributed by atoms with E-state index < -0.39 is 32.7 Å². The van der Waals surface area contributed by atoms with Crippen molar-refractivity contribution in [2.75, 3.05) is 19.6 Å². The molecule has 1 heterocycles. The lowest BCUT2D eigenvalue weighted by atomic mass is 10.0. The fourth-order valence-electron chi connectivity index (χ4n) is 3.87. The lowest BCUT2D eigenvalue weighted by Crippen LogP contribution is -2.53. The molecule has 0 aromatic heterocycles. The van der Waals surface area contributed by atoms with Crippen LogP contribution < -0.4 is 10.0 Å². The van der Waals surface area contributed by atoms with Gasteiger partial charge in [0.05, 0.1) is 0 Å². The van der Waals surface area contributed by atoms with Crippen LogP contribution >= 0.6 is 0 Å². The van der Waals surface area contributed by atoms with Crippen LogP contribution in [0.15, 0.2) is 59.5 Å². The smallest absolute Gasteiger partial charge is 0.244 e. The fourth-order valence-corrected chi connectivity index (χ4v) is 5.14. The molecule has 1 saturated heterocycles. The molecule has 1 fully saturated rings. The van der Waals surface area contributed by atoms with Gasteiger partial charge in [0, 0.05) is 19.1 Å². The number of halogens is 1. The molecule has 1 unspecified atom stereocenters. The topological polar surface area (TPSA) is 78.5 Å². The highest BCUT2D eigenvalue weighted by Gasteiger charge is 2.30. The summed E-state index contributed by atoms with van der Waals surface area (Å²) in [5.41, 5.74) is 0.816. The average molecular weight is 448 g/mol. The summed E-state index contributed by atoms with van der Waals surface area (Å²) in [4.78, 5) is 15.0. The molecule has 1 atom stereocenters. The minimum atomic E-state index is -4.21. The average Bonchev–Trinajstić information content (AvgIpc) is 2.75. The molecule has 8 heteroatoms. The number of hydrogen-bond acceptors (Lipinski definition) is 4. The quantitative estimate of drug-likeness (QED) is 0.620. The Morgan fingerprint density at radius 3 is 2.39 bits per heavy atom. The maximum Gasteiger partial charge on any atom is 0.244 e. The summed E-state index contributed by atoms with van der Waals surface area (Å²) in [6.07, 6.45) is 2.91. The van der Waals surface area contributed by atoms with E-state index in [1.807, 2.05) is 30.3 Å². The molecule has 2 N–H and O–H groups in total. The van der Waals surface area contributed by atoms with Gasteiger partial charge in [-0.1, -0.05) is 49.4 Å². The van der Waals surface area contributed by atoms with Crippen LogP contribution in [0.5, 0.6) is 0 Å². The molecule has 0 radical (unpaired) electrons. The van der Waals surface area contributed by atoms with Crippen molar-refractivity contribution in [1.82, 2.24) is 14.9 Å². The van der Waals surface area contributed by atoms with Crippen LogP contribution in [-0.4, -0.2) is 50.9 Å². The Morgan fingerprint density at radius 1 is 1.10 bits per heavy atom. The minimum Gasteiger partial charge on any atom is -0.352 e. The van der Waals surface area contributed by atoms with Gasteiger partial charge in [0.25, 0.3) is 0 Å². The molecule has 1 amide bonds. The highest BCUT2D eigenvalue weighted by atomic mass is 32.2. The molecule has 0 spiro atoms. The first-order valence-electron chi connectivity index (χ1n) is 10.7. The van der Waals surface area contributed by atoms with Gasteiger partial charge in [-0.25, -0.2) is 12.8 Å². The van der Waals surface area contributed by atoms with Gasteiger partial charge < -0.3 is 10.2 Å². The zero-order chi connectivity index (χ0) is 22.3. The summed E-state index contributed by atoms with van der Waals surface area (Å²) < 4.78 is 42.2. The normalized spacial score (nSPS) is 16.7. The number of amides is 1. The number of piperidine rings is 1. The predicted molar refractivity (Wildman–Crippen MR) is 119 cm³/mol. The van der Waals surface area contributed by atoms with Crippen molar-refractivity contribution in [3.05, 3.63) is 66.0 Å². The first-order chi connectivity index (χ1) is 14.9. The van der Waals surface area contributed by atoms with Gasteiger partial charge >= 0.3 is 0 Å². The minimum absolute atomic E-state index is 0.00292. The Bertz CT molecular complexity index is 961. The fraction of sp³-hybridized carbons (Fsp3) is 0.435. The van der Waals surface area contributed by atoms with Gasteiger partial charge in [-0.15, -0.1) is 0 Å². The molecular weight excluding hydrogens is 417 g/mol. The van der Waals surface area contributed by atoms with E-state index in [1.165, 1.54) is 18.2 Å². The van der Waals surface area contributed by atoms with Crippen LogP contribution in [0.4, 0.5) is 4.39 Å². The summed E-state index contributed by atoms with van der Waals surface area (Å²) in [6, 6.07) is 13.3. The Hall–Kier alpha value is -2.29. The maximum atomic E-state index is 14.1. The molecule has 31 heavy (non-hydrogen) atoms. The standard InChI is InChI=1S/C23H30FN3O3S/c1-2-14-27-15-12-19(13-16-27)25-23(28)21(17-18-8-4-3-5-9-18)26-31(29,30)22-11-7-6-10-20(22)24/h3-11,19,21,26H,2,12-17H2,1H3,(H,25,28). The van der Waals surface area contributed by atoms with Crippen LogP contribution in [0.3, 0.4) is 0 Å². The van der Waals surface area contributed by atoms with Crippen molar-refractivity contribution in [3.63, 3.8) is 0 Å². The highest BCUT2D eigenvalue weighted by Crippen LogP contribution is 2.16. The van der Waals surface area contributed by atoms with Crippen LogP contribution in [-0.2, 0) is 21.2 Å². The first kappa shape index (κ1) is 23.4. The third kappa shape index (κ3) is 6.59. The number of rotatable bonds is 9. The SMILES string of the molecule is CCCN1CCC(NC(=O)C(Cc2ccccc2)NS(=O)(=O)c2ccccc2F)CC1. The van der Waals surface area contributed by atoms with Crippen LogP contribution in [0, 0.1) is 5.82 Å². The molecule has 168 valence electrons. The summed E-state index contributed by atoms with van der Waals surface area (Å²) >= 11 is 0. The number of carbonyl (C=O) groups is 1. The Kier molecular flexibility index (Phi) is 8.17. The largest absolute Gasteiger partial charge is 0.352 e. The summed E-state index contributed by atoms with van der Waals surface area (Å²) in [5, 5.41) is 3.00. The van der Waals surface area contributed by atoms with E-state index in [4.69, 9.17) is 0 Å². The van der Waals surface area contributed by atoms with Crippen molar-refractivity contribution in [2.45, 2.75) is 49.6 Å². The van der Waals surface area contributed by atoms with Crippen molar-refractivity contribution in [2.24, 2.45) is 0 Å². The Balaban J connectivity index is 1.73. The van der Waals surface area contributed by atoms with Crippen molar-refractivity contribution in [3.8, 4) is 0 Å². The summed E-state index contributed by atoms with van der Waals surface area (Å²) in [7, 11) is -4.21. The van der Waals surface area contributed by atoms with E-state index in [2.05, 4.69) is 21.9 Å². The number of carbonyl (C=O) groups excluding carboxylic acids is 1. The number of likely N-dealkylation sites (tertiary alicyclic amines) is 1. The van der Waals surface area contributed by atoms with Gasteiger partial charge in [-0.05, 0) is 49.9 Å². The molecule has 0 aliphatic carbocycles. The van der Waals surface area contributed by atoms with E-state index in [-0.39, 0.29) is 12.5 Å². The van der Waals surface area contributed by atoms with Gasteiger partial charge in [0.2, 0.25) is 15.9 Å². The lowest BCUT2D eigenvalue weighted by molar-refractivity contribution is -0.123. The zero-order valence-electron chi connectivity index (χ0n) is 17.8. The molecule has 6 nitrogen and oxygen atoms in total. The Morgan fingerprint density at radius 2 is 1.74 bits per heavy atom. The molecule has 2 aromatic carbocycles. The number of nitrogens with one attached hydrogen (secondary N) is 2. The third-order valence-corrected chi connectivity index (χ3v) is 7.00. The maximum absolute atomic E-state index is 14.1. The van der Waals surface area contributed by atoms with E-state index >= 15 is 0 Å². The molecule has 0 bridgehead atoms. The van der Waals surface area contributed by atoms with Crippen molar-refractivity contribution < 1.29 is 17.6 Å². The second-order valence-electron chi connectivity index (χ2n) is 7.92. The number of sulfonamides is 1. The number of benzene rings is 2. The highest BCUT2D eigenvalue weighted by molar-refractivity contribution is 7.89. The van der Waals surface area contributed by atoms with Crippen LogP contribution in [0.25, 0.3) is 0 Å². The summed E-state index contributed by atoms with van der Waals surface area (Å²) in [5.74, 6) is -1.24. The van der Waals surface area contributed by atoms with Gasteiger partial charge in [-0.3, -0.25) is 4.79 Å². The third-order valence-electron chi connectivity index (χ3n) is 5.50. The van der Waals surface area contributed by atoms with Crippen LogP contribution in [0.1, 0.15) is 31.7 Å². The first-order valence-corrected chi connectivity index (χ1v) is 12.2. The molecule has 1 aliphatic rings. The Labute approximate surface area is 183 Å². The van der Waals surface area contributed by atoms with Crippen LogP contribution in [0.2, 0.25) is 0 Å². The summed E-state index contributed by atoms with van der Waals surface area (Å²) in [6.45, 7) is 5.00. The zero-order valence-corrected chi connectivity index (χ0v) is 18.6. The number of nitrogens with zero attached hydrogens (tertiary/aromatic N) is 1. The predicted octanol–water partition coefficient (Wildman–Crippen LogP) is 2.71. The van der Waals surface area contributed by atoms with Crippen molar-refractivity contribution >= 4 is 15.9 Å². The number of hydrogen-bond donors (Lipinski definition) is 2. The van der Waals surface area contributed by atoms with E-state index in [0.717, 1.165) is 50.5 Å². The van der Waals surface area contributed by atoms with E-state index in [1.54, 1.807) is 0 Å². The molecule has 0 saturated carbocycles. The molecule has 3 rings (SSSR count). The van der Waals surface area contributed by atoms with Crippen molar-refractivity contribution in [1.29, 1.82) is 0 Å². The monoisotopic (exact) mass is 447 g/mol. The molecular formula is C23H30FN3O3S. The molecule has 1 aliphatic heterocycles. The van der Waals surface area contributed by atoms with Gasteiger partial charge in [0.1, 0.15) is 16.8 Å². The second kappa shape index (κ2) is 10.8. The second-order valence-corrected chi connectivity index (χ2v) is 9.60. The van der Waals surface area contributed by atoms with E-state index in [9.17, 15) is 17.6 Å². The van der Waals surface area contributed by atoms with E-state index in [0.29, 0.717) is 0 Å². The molecule has 2 aromatic rings. The van der Waals surface area contributed by atoms with Gasteiger partial charge in [0.15, 0.2) is 0 Å². The van der Waals surface area contributed by atoms with Gasteiger partial charge in [-0.2, -0.15) is 4.72 Å². The lowest BCUT2D eigenvalue weighted by Gasteiger charge is -2.33.